The van der Waals surface area contributed by atoms with Gasteiger partial charge in [-0.25, -0.2) is 9.38 Å². The Balaban J connectivity index is 1.85. The summed E-state index contributed by atoms with van der Waals surface area (Å²) in [5.74, 6) is 0.469. The minimum absolute atomic E-state index is 0.206. The molecule has 0 heterocycles. The summed E-state index contributed by atoms with van der Waals surface area (Å²) in [6.07, 6.45) is -0.206. The van der Waals surface area contributed by atoms with Gasteiger partial charge in [0.2, 0.25) is 0 Å². The first-order chi connectivity index (χ1) is 10.1. The lowest BCUT2D eigenvalue weighted by atomic mass is 10.3. The van der Waals surface area contributed by atoms with Crippen LogP contribution in [0.1, 0.15) is 6.92 Å². The van der Waals surface area contributed by atoms with Crippen LogP contribution in [0.15, 0.2) is 59.6 Å². The maximum atomic E-state index is 13.0. The molecule has 3 N–H and O–H groups in total. The normalized spacial score (nSPS) is 12.8. The molecule has 0 radical (unpaired) electrons. The molecule has 0 aromatic heterocycles. The Morgan fingerprint density at radius 2 is 2.00 bits per heavy atom. The Morgan fingerprint density at radius 3 is 2.71 bits per heavy atom. The van der Waals surface area contributed by atoms with Crippen molar-refractivity contribution in [3.63, 3.8) is 0 Å². The number of nitrogens with two attached hydrogens (primary N) is 1. The average molecular weight is 287 g/mol. The Kier molecular flexibility index (Phi) is 5.15. The number of nitrogens with zero attached hydrogens (tertiary/aromatic N) is 1. The molecule has 0 fully saturated rings. The van der Waals surface area contributed by atoms with Crippen molar-refractivity contribution in [2.75, 3.05) is 11.9 Å². The van der Waals surface area contributed by atoms with Gasteiger partial charge >= 0.3 is 0 Å². The third kappa shape index (κ3) is 5.14. The summed E-state index contributed by atoms with van der Waals surface area (Å²) < 4.78 is 18.6. The van der Waals surface area contributed by atoms with Crippen molar-refractivity contribution < 1.29 is 9.13 Å². The van der Waals surface area contributed by atoms with Crippen LogP contribution in [0.2, 0.25) is 0 Å². The third-order valence-corrected chi connectivity index (χ3v) is 2.70. The van der Waals surface area contributed by atoms with Gasteiger partial charge in [-0.1, -0.05) is 24.3 Å². The van der Waals surface area contributed by atoms with E-state index in [2.05, 4.69) is 10.3 Å². The molecule has 2 aromatic carbocycles. The van der Waals surface area contributed by atoms with Crippen molar-refractivity contribution in [1.82, 2.24) is 0 Å². The quantitative estimate of drug-likeness (QED) is 0.656. The summed E-state index contributed by atoms with van der Waals surface area (Å²) in [6.45, 7) is 2.23. The molecule has 0 saturated heterocycles. The van der Waals surface area contributed by atoms with Gasteiger partial charge in [0, 0.05) is 11.8 Å². The molecule has 0 saturated carbocycles. The van der Waals surface area contributed by atoms with E-state index in [4.69, 9.17) is 10.5 Å². The molecule has 0 amide bonds. The number of rotatable bonds is 5. The van der Waals surface area contributed by atoms with Crippen LogP contribution < -0.4 is 15.8 Å². The van der Waals surface area contributed by atoms with Crippen LogP contribution in [0, 0.1) is 5.82 Å². The zero-order chi connectivity index (χ0) is 15.1. The standard InChI is InChI=1S/C16H18FN3O/c1-12(21-15-9-5-6-13(17)10-15)11-19-16(18)20-14-7-3-2-4-8-14/h2-10,12H,11H2,1H3,(H3,18,19,20). The summed E-state index contributed by atoms with van der Waals surface area (Å²) >= 11 is 0. The molecule has 1 unspecified atom stereocenters. The Hall–Kier alpha value is -2.56. The number of nitrogens with one attached hydrogen (secondary N) is 1. The summed E-state index contributed by atoms with van der Waals surface area (Å²) in [4.78, 5) is 4.20. The van der Waals surface area contributed by atoms with E-state index in [0.29, 0.717) is 18.3 Å². The fourth-order valence-corrected chi connectivity index (χ4v) is 1.75. The zero-order valence-electron chi connectivity index (χ0n) is 11.8. The molecule has 2 rings (SSSR count). The summed E-state index contributed by atoms with van der Waals surface area (Å²) in [7, 11) is 0. The largest absolute Gasteiger partial charge is 0.489 e. The highest BCUT2D eigenvalue weighted by molar-refractivity contribution is 5.92. The zero-order valence-corrected chi connectivity index (χ0v) is 11.8. The summed E-state index contributed by atoms with van der Waals surface area (Å²) in [5.41, 5.74) is 6.67. The van der Waals surface area contributed by atoms with Crippen LogP contribution in [0.4, 0.5) is 10.1 Å². The molecule has 0 aliphatic carbocycles. The molecule has 110 valence electrons. The van der Waals surface area contributed by atoms with Gasteiger partial charge in [-0.15, -0.1) is 0 Å². The highest BCUT2D eigenvalue weighted by Gasteiger charge is 2.04. The van der Waals surface area contributed by atoms with Crippen LogP contribution in [0.3, 0.4) is 0 Å². The van der Waals surface area contributed by atoms with E-state index >= 15 is 0 Å². The molecule has 0 bridgehead atoms. The SMILES string of the molecule is CC(CN=C(N)Nc1ccccc1)Oc1cccc(F)c1. The minimum Gasteiger partial charge on any atom is -0.489 e. The highest BCUT2D eigenvalue weighted by atomic mass is 19.1. The fraction of sp³-hybridized carbons (Fsp3) is 0.188. The lowest BCUT2D eigenvalue weighted by Crippen LogP contribution is -2.25. The number of guanidine groups is 1. The van der Waals surface area contributed by atoms with Crippen LogP contribution in [0.5, 0.6) is 5.75 Å². The van der Waals surface area contributed by atoms with E-state index < -0.39 is 0 Å². The molecular formula is C16H18FN3O. The second-order valence-electron chi connectivity index (χ2n) is 4.60. The van der Waals surface area contributed by atoms with E-state index in [0.717, 1.165) is 5.69 Å². The molecule has 5 heteroatoms. The predicted octanol–water partition coefficient (Wildman–Crippen LogP) is 3.02. The van der Waals surface area contributed by atoms with Crippen LogP contribution >= 0.6 is 0 Å². The van der Waals surface area contributed by atoms with Gasteiger partial charge in [-0.05, 0) is 31.2 Å². The topological polar surface area (TPSA) is 59.6 Å². The first-order valence-electron chi connectivity index (χ1n) is 6.67. The van der Waals surface area contributed by atoms with Crippen molar-refractivity contribution in [3.8, 4) is 5.75 Å². The third-order valence-electron chi connectivity index (χ3n) is 2.70. The summed E-state index contributed by atoms with van der Waals surface area (Å²) in [5, 5.41) is 2.98. The van der Waals surface area contributed by atoms with Gasteiger partial charge in [-0.2, -0.15) is 0 Å². The van der Waals surface area contributed by atoms with Crippen LogP contribution in [-0.4, -0.2) is 18.6 Å². The van der Waals surface area contributed by atoms with Gasteiger partial charge in [-0.3, -0.25) is 0 Å². The number of ether oxygens (including phenoxy) is 1. The number of anilines is 1. The van der Waals surface area contributed by atoms with Crippen molar-refractivity contribution >= 4 is 11.6 Å². The van der Waals surface area contributed by atoms with Gasteiger partial charge in [0.25, 0.3) is 0 Å². The molecule has 0 aliphatic heterocycles. The number of aliphatic imine (C=N–C) groups is 1. The van der Waals surface area contributed by atoms with E-state index in [-0.39, 0.29) is 11.9 Å². The van der Waals surface area contributed by atoms with Crippen molar-refractivity contribution in [1.29, 1.82) is 0 Å². The Morgan fingerprint density at radius 1 is 1.24 bits per heavy atom. The number of halogens is 1. The number of para-hydroxylation sites is 1. The first kappa shape index (κ1) is 14.8. The van der Waals surface area contributed by atoms with Crippen LogP contribution in [-0.2, 0) is 0 Å². The Bertz CT molecular complexity index is 601. The maximum Gasteiger partial charge on any atom is 0.193 e. The highest BCUT2D eigenvalue weighted by Crippen LogP contribution is 2.13. The smallest absolute Gasteiger partial charge is 0.193 e. The number of hydrogen-bond donors (Lipinski definition) is 2. The second-order valence-corrected chi connectivity index (χ2v) is 4.60. The second kappa shape index (κ2) is 7.28. The molecular weight excluding hydrogens is 269 g/mol. The van der Waals surface area contributed by atoms with Crippen molar-refractivity contribution in [3.05, 3.63) is 60.4 Å². The molecule has 0 aliphatic rings. The van der Waals surface area contributed by atoms with Gasteiger partial charge in [0.15, 0.2) is 5.96 Å². The molecule has 4 nitrogen and oxygen atoms in total. The van der Waals surface area contributed by atoms with Crippen molar-refractivity contribution in [2.24, 2.45) is 10.7 Å². The van der Waals surface area contributed by atoms with E-state index in [1.165, 1.54) is 12.1 Å². The Labute approximate surface area is 123 Å². The minimum atomic E-state index is -0.326. The van der Waals surface area contributed by atoms with E-state index in [1.54, 1.807) is 12.1 Å². The molecule has 2 aromatic rings. The van der Waals surface area contributed by atoms with Crippen LogP contribution in [0.25, 0.3) is 0 Å². The van der Waals surface area contributed by atoms with E-state index in [9.17, 15) is 4.39 Å². The lowest BCUT2D eigenvalue weighted by Gasteiger charge is -2.13. The van der Waals surface area contributed by atoms with E-state index in [1.807, 2.05) is 37.3 Å². The van der Waals surface area contributed by atoms with Gasteiger partial charge in [0.05, 0.1) is 6.54 Å². The van der Waals surface area contributed by atoms with Gasteiger partial charge in [0.1, 0.15) is 17.7 Å². The lowest BCUT2D eigenvalue weighted by molar-refractivity contribution is 0.229. The fourth-order valence-electron chi connectivity index (χ4n) is 1.75. The predicted molar refractivity (Wildman–Crippen MR) is 83.0 cm³/mol. The molecule has 1 atom stereocenters. The summed E-state index contributed by atoms with van der Waals surface area (Å²) in [6, 6.07) is 15.6. The monoisotopic (exact) mass is 287 g/mol. The molecule has 0 spiro atoms. The first-order valence-corrected chi connectivity index (χ1v) is 6.67. The van der Waals surface area contributed by atoms with Gasteiger partial charge < -0.3 is 15.8 Å². The molecule has 21 heavy (non-hydrogen) atoms. The maximum absolute atomic E-state index is 13.0. The average Bonchev–Trinajstić information content (AvgIpc) is 2.46. The van der Waals surface area contributed by atoms with Crippen molar-refractivity contribution in [2.45, 2.75) is 13.0 Å². The number of benzene rings is 2. The number of hydrogen-bond acceptors (Lipinski definition) is 2.